The number of nitrogens with one attached hydrogen (secondary N) is 1. The van der Waals surface area contributed by atoms with Crippen molar-refractivity contribution in [3.63, 3.8) is 0 Å². The molecule has 0 spiro atoms. The molecule has 1 aromatic heterocycles. The van der Waals surface area contributed by atoms with Gasteiger partial charge in [0.15, 0.2) is 5.79 Å². The number of aromatic amines is 1. The lowest BCUT2D eigenvalue weighted by atomic mass is 10.1. The van der Waals surface area contributed by atoms with Crippen LogP contribution in [-0.2, 0) is 5.79 Å². The number of nitrogens with zero attached hydrogens (tertiary/aromatic N) is 1. The van der Waals surface area contributed by atoms with E-state index in [0.29, 0.717) is 0 Å². The largest absolute Gasteiger partial charge is 0.396 e. The molecule has 82 valence electrons. The minimum Gasteiger partial charge on any atom is -0.396 e. The lowest BCUT2D eigenvalue weighted by Crippen LogP contribution is -2.36. The first-order valence-electron chi connectivity index (χ1n) is 4.55. The molecule has 1 saturated carbocycles. The van der Waals surface area contributed by atoms with Gasteiger partial charge in [-0.1, -0.05) is 6.92 Å². The molecule has 2 rings (SSSR count). The summed E-state index contributed by atoms with van der Waals surface area (Å²) in [5, 5.41) is 8.98. The molecule has 1 heterocycles. The fourth-order valence-electron chi connectivity index (χ4n) is 1.72. The van der Waals surface area contributed by atoms with Crippen LogP contribution < -0.4 is 11.2 Å². The minimum atomic E-state index is -1.89. The normalized spacial score (nSPS) is 34.1. The Morgan fingerprint density at radius 2 is 2.33 bits per heavy atom. The molecular formula is C9H11FN2O3. The van der Waals surface area contributed by atoms with Crippen LogP contribution in [0.4, 0.5) is 4.39 Å². The summed E-state index contributed by atoms with van der Waals surface area (Å²) in [5.41, 5.74) is -2.29. The molecule has 1 aromatic rings. The highest BCUT2D eigenvalue weighted by Gasteiger charge is 2.67. The van der Waals surface area contributed by atoms with Crippen LogP contribution in [-0.4, -0.2) is 21.3 Å². The molecule has 1 aliphatic rings. The average molecular weight is 214 g/mol. The maximum Gasteiger partial charge on any atom is 0.330 e. The van der Waals surface area contributed by atoms with E-state index in [1.807, 2.05) is 4.98 Å². The number of alkyl halides is 1. The van der Waals surface area contributed by atoms with Gasteiger partial charge in [-0.15, -0.1) is 0 Å². The highest BCUT2D eigenvalue weighted by molar-refractivity contribution is 5.11. The van der Waals surface area contributed by atoms with Crippen molar-refractivity contribution in [3.05, 3.63) is 33.1 Å². The smallest absolute Gasteiger partial charge is 0.330 e. The van der Waals surface area contributed by atoms with Gasteiger partial charge in [0.2, 0.25) is 0 Å². The summed E-state index contributed by atoms with van der Waals surface area (Å²) in [5.74, 6) is -1.89. The van der Waals surface area contributed by atoms with Gasteiger partial charge in [-0.05, 0) is 0 Å². The molecule has 6 heteroatoms. The first-order chi connectivity index (χ1) is 6.93. The van der Waals surface area contributed by atoms with E-state index in [9.17, 15) is 14.0 Å². The maximum absolute atomic E-state index is 14.2. The third kappa shape index (κ3) is 1.25. The van der Waals surface area contributed by atoms with Gasteiger partial charge < -0.3 is 5.11 Å². The molecule has 2 atom stereocenters. The van der Waals surface area contributed by atoms with Crippen molar-refractivity contribution < 1.29 is 9.50 Å². The third-order valence-electron chi connectivity index (χ3n) is 2.98. The Kier molecular flexibility index (Phi) is 1.88. The lowest BCUT2D eigenvalue weighted by Gasteiger charge is -2.14. The van der Waals surface area contributed by atoms with Crippen LogP contribution in [0, 0.1) is 5.41 Å². The standard InChI is InChI=1S/C9H11FN2O3/c1-8(5-13)4-9(8,10)12-3-2-6(14)11-7(12)15/h2-3,13H,4-5H2,1H3,(H,11,14,15)/t8-,9+/m1/s1. The van der Waals surface area contributed by atoms with Crippen molar-refractivity contribution in [2.24, 2.45) is 5.41 Å². The first-order valence-corrected chi connectivity index (χ1v) is 4.55. The third-order valence-corrected chi connectivity index (χ3v) is 2.98. The number of aromatic nitrogens is 2. The van der Waals surface area contributed by atoms with Gasteiger partial charge in [0, 0.05) is 24.1 Å². The zero-order valence-corrected chi connectivity index (χ0v) is 8.16. The number of hydrogen-bond acceptors (Lipinski definition) is 3. The SMILES string of the molecule is C[C@]1(CO)C[C@]1(F)n1ccc(=O)[nH]c1=O. The molecule has 0 saturated heterocycles. The van der Waals surface area contributed by atoms with E-state index in [1.54, 1.807) is 6.92 Å². The second-order valence-electron chi connectivity index (χ2n) is 4.14. The van der Waals surface area contributed by atoms with Gasteiger partial charge in [-0.2, -0.15) is 0 Å². The number of aliphatic hydroxyl groups is 1. The highest BCUT2D eigenvalue weighted by Crippen LogP contribution is 2.61. The van der Waals surface area contributed by atoms with E-state index in [0.717, 1.165) is 16.8 Å². The Balaban J connectivity index is 2.50. The molecule has 0 radical (unpaired) electrons. The van der Waals surface area contributed by atoms with Gasteiger partial charge in [-0.3, -0.25) is 14.3 Å². The van der Waals surface area contributed by atoms with Crippen LogP contribution in [0.25, 0.3) is 0 Å². The Labute approximate surface area is 84.2 Å². The quantitative estimate of drug-likeness (QED) is 0.700. The first kappa shape index (κ1) is 10.1. The predicted molar refractivity (Wildman–Crippen MR) is 50.2 cm³/mol. The summed E-state index contributed by atoms with van der Waals surface area (Å²) in [6, 6.07) is 1.08. The van der Waals surface area contributed by atoms with Crippen LogP contribution >= 0.6 is 0 Å². The average Bonchev–Trinajstić information content (AvgIpc) is 2.71. The molecule has 5 nitrogen and oxygen atoms in total. The molecule has 0 amide bonds. The van der Waals surface area contributed by atoms with Crippen molar-refractivity contribution in [1.82, 2.24) is 9.55 Å². The molecular weight excluding hydrogens is 203 g/mol. The molecule has 0 bridgehead atoms. The van der Waals surface area contributed by atoms with Gasteiger partial charge in [0.1, 0.15) is 0 Å². The molecule has 0 aromatic carbocycles. The van der Waals surface area contributed by atoms with Crippen molar-refractivity contribution >= 4 is 0 Å². The van der Waals surface area contributed by atoms with Crippen LogP contribution in [0.1, 0.15) is 13.3 Å². The van der Waals surface area contributed by atoms with Crippen molar-refractivity contribution in [3.8, 4) is 0 Å². The van der Waals surface area contributed by atoms with E-state index in [2.05, 4.69) is 0 Å². The zero-order valence-electron chi connectivity index (χ0n) is 8.16. The Bertz CT molecular complexity index is 509. The molecule has 1 aliphatic carbocycles. The van der Waals surface area contributed by atoms with E-state index in [-0.39, 0.29) is 13.0 Å². The Morgan fingerprint density at radius 3 is 2.80 bits per heavy atom. The fourth-order valence-corrected chi connectivity index (χ4v) is 1.72. The summed E-state index contributed by atoms with van der Waals surface area (Å²) in [6.45, 7) is 1.21. The summed E-state index contributed by atoms with van der Waals surface area (Å²) in [7, 11) is 0. The van der Waals surface area contributed by atoms with Crippen molar-refractivity contribution in [2.75, 3.05) is 6.61 Å². The van der Waals surface area contributed by atoms with Crippen molar-refractivity contribution in [2.45, 2.75) is 19.1 Å². The number of rotatable bonds is 2. The number of aliphatic hydroxyl groups excluding tert-OH is 1. The number of H-pyrrole nitrogens is 1. The van der Waals surface area contributed by atoms with Crippen molar-refractivity contribution in [1.29, 1.82) is 0 Å². The van der Waals surface area contributed by atoms with Crippen LogP contribution in [0.5, 0.6) is 0 Å². The molecule has 2 N–H and O–H groups in total. The topological polar surface area (TPSA) is 75.1 Å². The van der Waals surface area contributed by atoms with Gasteiger partial charge >= 0.3 is 5.69 Å². The number of halogens is 1. The summed E-state index contributed by atoms with van der Waals surface area (Å²) in [4.78, 5) is 24.1. The van der Waals surface area contributed by atoms with E-state index >= 15 is 0 Å². The fraction of sp³-hybridized carbons (Fsp3) is 0.556. The zero-order chi connectivity index (χ0) is 11.3. The predicted octanol–water partition coefficient (Wildman–Crippen LogP) is -0.439. The second kappa shape index (κ2) is 2.79. The van der Waals surface area contributed by atoms with E-state index in [4.69, 9.17) is 5.11 Å². The summed E-state index contributed by atoms with van der Waals surface area (Å²) in [6.07, 6.45) is 1.19. The molecule has 0 unspecified atom stereocenters. The lowest BCUT2D eigenvalue weighted by molar-refractivity contribution is 0.0943. The van der Waals surface area contributed by atoms with Gasteiger partial charge in [0.25, 0.3) is 5.56 Å². The number of hydrogen-bond donors (Lipinski definition) is 2. The van der Waals surface area contributed by atoms with Crippen LogP contribution in [0.2, 0.25) is 0 Å². The monoisotopic (exact) mass is 214 g/mol. The van der Waals surface area contributed by atoms with E-state index < -0.39 is 22.5 Å². The van der Waals surface area contributed by atoms with Gasteiger partial charge in [0.05, 0.1) is 6.61 Å². The van der Waals surface area contributed by atoms with Crippen LogP contribution in [0.15, 0.2) is 21.9 Å². The maximum atomic E-state index is 14.2. The van der Waals surface area contributed by atoms with E-state index in [1.165, 1.54) is 0 Å². The van der Waals surface area contributed by atoms with Gasteiger partial charge in [-0.25, -0.2) is 9.18 Å². The Morgan fingerprint density at radius 1 is 1.67 bits per heavy atom. The second-order valence-corrected chi connectivity index (χ2v) is 4.14. The minimum absolute atomic E-state index is 0.0719. The summed E-state index contributed by atoms with van der Waals surface area (Å²) >= 11 is 0. The summed E-state index contributed by atoms with van der Waals surface area (Å²) < 4.78 is 15.0. The molecule has 1 fully saturated rings. The highest BCUT2D eigenvalue weighted by atomic mass is 19.1. The molecule has 0 aliphatic heterocycles. The molecule has 15 heavy (non-hydrogen) atoms. The van der Waals surface area contributed by atoms with Crippen LogP contribution in [0.3, 0.4) is 0 Å². The Hall–Kier alpha value is -1.43.